The molecule has 3 aromatic carbocycles. The Morgan fingerprint density at radius 1 is 0.650 bits per heavy atom. The zero-order chi connectivity index (χ0) is 13.9. The first kappa shape index (κ1) is 13.5. The van der Waals surface area contributed by atoms with E-state index in [1.165, 1.54) is 31.3 Å². The van der Waals surface area contributed by atoms with Gasteiger partial charge in [0.15, 0.2) is 0 Å². The predicted molar refractivity (Wildman–Crippen MR) is 90.2 cm³/mol. The fourth-order valence-electron chi connectivity index (χ4n) is 2.51. The van der Waals surface area contributed by atoms with Gasteiger partial charge in [-0.2, -0.15) is 0 Å². The van der Waals surface area contributed by atoms with Crippen molar-refractivity contribution in [1.29, 1.82) is 0 Å². The standard InChI is InChI=1S/C19H15.Sb.2H/c1-15-12-18(16-8-4-2-5-9-16)14-19(13-15)17-10-6-3-7-11-17;;;/h2-13H,1H3;;;. The number of hydrogen-bond donors (Lipinski definition) is 0. The van der Waals surface area contributed by atoms with Crippen LogP contribution in [-0.2, 0) is 0 Å². The van der Waals surface area contributed by atoms with Crippen LogP contribution in [0, 0.1) is 6.92 Å². The Morgan fingerprint density at radius 3 is 1.45 bits per heavy atom. The van der Waals surface area contributed by atoms with Crippen LogP contribution in [0.2, 0.25) is 0 Å². The van der Waals surface area contributed by atoms with E-state index in [-0.39, 0.29) is 0 Å². The second-order valence-corrected chi connectivity index (χ2v) is 6.65. The van der Waals surface area contributed by atoms with Crippen molar-refractivity contribution < 1.29 is 0 Å². The summed E-state index contributed by atoms with van der Waals surface area (Å²) in [6.45, 7) is 2.18. The molecule has 0 heterocycles. The van der Waals surface area contributed by atoms with E-state index in [4.69, 9.17) is 0 Å². The van der Waals surface area contributed by atoms with Gasteiger partial charge < -0.3 is 0 Å². The van der Waals surface area contributed by atoms with Crippen molar-refractivity contribution in [2.45, 2.75) is 6.92 Å². The Labute approximate surface area is 134 Å². The van der Waals surface area contributed by atoms with Crippen molar-refractivity contribution in [2.24, 2.45) is 0 Å². The Kier molecular flexibility index (Phi) is 3.94. The van der Waals surface area contributed by atoms with E-state index in [1.807, 2.05) is 0 Å². The van der Waals surface area contributed by atoms with Crippen LogP contribution in [-0.4, -0.2) is 23.0 Å². The van der Waals surface area contributed by atoms with Gasteiger partial charge in [0, 0.05) is 0 Å². The summed E-state index contributed by atoms with van der Waals surface area (Å²) in [5.74, 6) is 0. The van der Waals surface area contributed by atoms with E-state index < -0.39 is 0 Å². The summed E-state index contributed by atoms with van der Waals surface area (Å²) in [6, 6.07) is 26.0. The fraction of sp³-hybridized carbons (Fsp3) is 0.0526. The monoisotopic (exact) mass is 366 g/mol. The molecular formula is C19H17Sb. The molecular weight excluding hydrogens is 350 g/mol. The second-order valence-electron chi connectivity index (χ2n) is 5.01. The van der Waals surface area contributed by atoms with Crippen molar-refractivity contribution in [3.05, 3.63) is 78.4 Å². The minimum atomic E-state index is 1.12. The molecule has 1 heteroatoms. The second kappa shape index (κ2) is 5.85. The number of benzene rings is 3. The summed E-state index contributed by atoms with van der Waals surface area (Å²) in [7, 11) is 0. The normalized spacial score (nSPS) is 10.5. The molecule has 20 heavy (non-hydrogen) atoms. The van der Waals surface area contributed by atoms with Crippen LogP contribution in [0.25, 0.3) is 22.3 Å². The topological polar surface area (TPSA) is 0 Å². The van der Waals surface area contributed by atoms with Crippen LogP contribution in [0.1, 0.15) is 5.56 Å². The van der Waals surface area contributed by atoms with Crippen LogP contribution in [0.15, 0.2) is 72.8 Å². The average molecular weight is 367 g/mol. The number of rotatable bonds is 2. The van der Waals surface area contributed by atoms with E-state index in [0.717, 1.165) is 23.0 Å². The van der Waals surface area contributed by atoms with Crippen molar-refractivity contribution >= 4 is 26.5 Å². The summed E-state index contributed by atoms with van der Waals surface area (Å²) in [6.07, 6.45) is 0. The van der Waals surface area contributed by atoms with Crippen LogP contribution in [0.3, 0.4) is 0 Å². The molecule has 3 aromatic rings. The summed E-state index contributed by atoms with van der Waals surface area (Å²) in [5, 5.41) is 0. The maximum atomic E-state index is 2.31. The van der Waals surface area contributed by atoms with Crippen molar-refractivity contribution in [3.63, 3.8) is 0 Å². The van der Waals surface area contributed by atoms with Gasteiger partial charge >= 0.3 is 134 Å². The van der Waals surface area contributed by atoms with E-state index in [1.54, 1.807) is 0 Å². The van der Waals surface area contributed by atoms with Crippen molar-refractivity contribution in [3.8, 4) is 22.3 Å². The zero-order valence-corrected chi connectivity index (χ0v) is 14.8. The van der Waals surface area contributed by atoms with Crippen LogP contribution < -0.4 is 3.51 Å². The molecule has 3 rings (SSSR count). The number of hydrogen-bond acceptors (Lipinski definition) is 0. The van der Waals surface area contributed by atoms with E-state index in [2.05, 4.69) is 79.7 Å². The molecule has 0 atom stereocenters. The molecule has 0 aliphatic heterocycles. The summed E-state index contributed by atoms with van der Waals surface area (Å²) in [5.41, 5.74) is 6.71. The molecule has 98 valence electrons. The molecule has 0 aliphatic rings. The summed E-state index contributed by atoms with van der Waals surface area (Å²) >= 11 is 1.12. The third-order valence-electron chi connectivity index (χ3n) is 3.49. The van der Waals surface area contributed by atoms with Gasteiger partial charge in [-0.3, -0.25) is 0 Å². The summed E-state index contributed by atoms with van der Waals surface area (Å²) in [4.78, 5) is 0. The van der Waals surface area contributed by atoms with Gasteiger partial charge in [-0.05, 0) is 0 Å². The molecule has 0 spiro atoms. The first-order chi connectivity index (χ1) is 9.75. The zero-order valence-electron chi connectivity index (χ0n) is 11.5. The molecule has 0 amide bonds. The van der Waals surface area contributed by atoms with Gasteiger partial charge in [0.25, 0.3) is 0 Å². The number of aryl methyl sites for hydroxylation is 1. The van der Waals surface area contributed by atoms with Crippen molar-refractivity contribution in [1.82, 2.24) is 0 Å². The SMILES string of the molecule is Cc1cc(-c2ccccc2)[c]([SbH2])c(-c2ccccc2)c1. The van der Waals surface area contributed by atoms with Gasteiger partial charge in [-0.25, -0.2) is 0 Å². The average Bonchev–Trinajstić information content (AvgIpc) is 2.51. The van der Waals surface area contributed by atoms with E-state index in [9.17, 15) is 0 Å². The third-order valence-corrected chi connectivity index (χ3v) is 5.27. The Balaban J connectivity index is 2.22. The molecule has 0 aliphatic carbocycles. The molecule has 0 nitrogen and oxygen atoms in total. The van der Waals surface area contributed by atoms with Crippen LogP contribution in [0.4, 0.5) is 0 Å². The van der Waals surface area contributed by atoms with Gasteiger partial charge in [0.1, 0.15) is 0 Å². The Bertz CT molecular complexity index is 655. The van der Waals surface area contributed by atoms with Gasteiger partial charge in [0.2, 0.25) is 0 Å². The molecule has 0 N–H and O–H groups in total. The molecule has 0 aromatic heterocycles. The van der Waals surface area contributed by atoms with Gasteiger partial charge in [-0.1, -0.05) is 0 Å². The van der Waals surface area contributed by atoms with Crippen LogP contribution in [0.5, 0.6) is 0 Å². The fourth-order valence-corrected chi connectivity index (χ4v) is 3.94. The molecule has 0 radical (unpaired) electrons. The molecule has 0 saturated heterocycles. The molecule has 0 fully saturated rings. The Hall–Kier alpha value is -1.52. The van der Waals surface area contributed by atoms with Crippen LogP contribution >= 0.6 is 0 Å². The third kappa shape index (κ3) is 2.67. The Morgan fingerprint density at radius 2 is 1.05 bits per heavy atom. The van der Waals surface area contributed by atoms with Gasteiger partial charge in [0.05, 0.1) is 0 Å². The molecule has 0 saturated carbocycles. The van der Waals surface area contributed by atoms with Crippen molar-refractivity contribution in [2.75, 3.05) is 0 Å². The first-order valence-corrected chi connectivity index (χ1v) is 8.41. The minimum absolute atomic E-state index is 1.12. The molecule has 0 unspecified atom stereocenters. The quantitative estimate of drug-likeness (QED) is 0.608. The predicted octanol–water partition coefficient (Wildman–Crippen LogP) is 3.59. The van der Waals surface area contributed by atoms with E-state index >= 15 is 0 Å². The first-order valence-electron chi connectivity index (χ1n) is 6.76. The van der Waals surface area contributed by atoms with E-state index in [0.29, 0.717) is 0 Å². The molecule has 0 bridgehead atoms. The van der Waals surface area contributed by atoms with Gasteiger partial charge in [-0.15, -0.1) is 0 Å². The summed E-state index contributed by atoms with van der Waals surface area (Å²) < 4.78 is 1.47. The maximum absolute atomic E-state index is 2.31.